The molecule has 0 aliphatic carbocycles. The molecule has 0 aliphatic rings. The molecule has 5 nitrogen and oxygen atoms in total. The maximum Gasteiger partial charge on any atom is 2.00 e. The van der Waals surface area contributed by atoms with Gasteiger partial charge in [-0.05, 0) is 66.1 Å². The van der Waals surface area contributed by atoms with Crippen molar-refractivity contribution in [3.8, 4) is 56.3 Å². The van der Waals surface area contributed by atoms with Gasteiger partial charge in [0.1, 0.15) is 11.5 Å². The van der Waals surface area contributed by atoms with Gasteiger partial charge in [0.2, 0.25) is 0 Å². The number of nitrogens with zero attached hydrogens (tertiary/aromatic N) is 3. The molecule has 0 unspecified atom stereocenters. The van der Waals surface area contributed by atoms with Gasteiger partial charge in [-0.3, -0.25) is 4.98 Å². The fourth-order valence-electron chi connectivity index (χ4n) is 7.78. The molecule has 0 amide bonds. The van der Waals surface area contributed by atoms with Crippen LogP contribution < -0.4 is 0 Å². The summed E-state index contributed by atoms with van der Waals surface area (Å²) in [4.78, 5) is 4.89. The van der Waals surface area contributed by atoms with Crippen molar-refractivity contribution in [1.82, 2.24) is 14.1 Å². The maximum atomic E-state index is 11.9. The first-order valence-electron chi connectivity index (χ1n) is 17.4. The average Bonchev–Trinajstić information content (AvgIpc) is 3.52. The summed E-state index contributed by atoms with van der Waals surface area (Å²) in [6.07, 6.45) is 3.86. The van der Waals surface area contributed by atoms with Crippen molar-refractivity contribution in [3.63, 3.8) is 0 Å². The van der Waals surface area contributed by atoms with Crippen LogP contribution in [0.2, 0.25) is 0 Å². The molecule has 272 valence electrons. The number of aryl methyl sites for hydroxylation is 4. The molecule has 2 N–H and O–H groups in total. The Kier molecular flexibility index (Phi) is 11.5. The Morgan fingerprint density at radius 1 is 0.547 bits per heavy atom. The summed E-state index contributed by atoms with van der Waals surface area (Å²) in [5, 5.41) is 26.0. The second-order valence-corrected chi connectivity index (χ2v) is 16.0. The molecule has 53 heavy (non-hydrogen) atoms. The van der Waals surface area contributed by atoms with Gasteiger partial charge in [0.15, 0.2) is 0 Å². The van der Waals surface area contributed by atoms with E-state index in [1.54, 1.807) is 0 Å². The molecule has 3 heterocycles. The zero-order chi connectivity index (χ0) is 35.9. The monoisotopic (exact) mass is 781 g/mol. The Morgan fingerprint density at radius 2 is 0.906 bits per heavy atom. The van der Waals surface area contributed by atoms with Crippen LogP contribution in [0.1, 0.15) is 63.8 Å². The van der Waals surface area contributed by atoms with E-state index in [4.69, 9.17) is 4.98 Å². The third-order valence-electron chi connectivity index (χ3n) is 10.2. The number of hydrogen-bond donors (Lipinski definition) is 2. The summed E-state index contributed by atoms with van der Waals surface area (Å²) in [7, 11) is 4.15. The molecule has 0 fully saturated rings. The molecule has 0 saturated heterocycles. The van der Waals surface area contributed by atoms with Gasteiger partial charge in [0, 0.05) is 92.8 Å². The largest absolute Gasteiger partial charge is 2.00 e. The predicted molar refractivity (Wildman–Crippen MR) is 222 cm³/mol. The summed E-state index contributed by atoms with van der Waals surface area (Å²) in [6, 6.07) is 27.4. The maximum absolute atomic E-state index is 11.9. The van der Waals surface area contributed by atoms with Crippen LogP contribution >= 0.6 is 0 Å². The molecule has 0 bridgehead atoms. The van der Waals surface area contributed by atoms with Crippen molar-refractivity contribution in [3.05, 3.63) is 128 Å². The molecule has 3 aromatic heterocycles. The van der Waals surface area contributed by atoms with E-state index in [1.165, 1.54) is 0 Å². The molecule has 7 aromatic rings. The standard InChI is InChI=1S/C45H47N3O2.2CH3.Zr/c1-26-19-32(42(49)34(21-26)44(3,4)5)40-38(30-15-11-13-17-36(30)47(40)9)28-23-29(25-46-24-28)39-31-16-12-14-18-37(31)48(10)41(39)33-20-27(2)22-35(43(33)50)45(6,7)8;;;/h11-25,49-50H,1-10H3;2*1H3;/q;2*-1;+2. The number of phenolic OH excluding ortho intramolecular Hbond substituents is 2. The zero-order valence-electron chi connectivity index (χ0n) is 33.4. The number of phenols is 2. The van der Waals surface area contributed by atoms with Gasteiger partial charge in [-0.2, -0.15) is 0 Å². The summed E-state index contributed by atoms with van der Waals surface area (Å²) < 4.78 is 4.39. The first kappa shape index (κ1) is 41.4. The van der Waals surface area contributed by atoms with E-state index >= 15 is 0 Å². The SMILES string of the molecule is Cc1cc(-c2c(-c3cncc(-c4c(-c5cc(C)cc(C(C)(C)C)c5O)n(C)c5ccccc45)c3)c3ccccc3n2C)c(O)c(C(C)(C)C)c1.[CH3-].[CH3-].[Zr+2]. The van der Waals surface area contributed by atoms with Crippen molar-refractivity contribution in [2.24, 2.45) is 14.1 Å². The Morgan fingerprint density at radius 3 is 1.26 bits per heavy atom. The molecule has 4 aromatic carbocycles. The number of aromatic hydroxyl groups is 2. The van der Waals surface area contributed by atoms with Crippen molar-refractivity contribution in [1.29, 1.82) is 0 Å². The molecule has 0 atom stereocenters. The Balaban J connectivity index is 0.00000209. The van der Waals surface area contributed by atoms with E-state index in [0.717, 1.165) is 88.8 Å². The van der Waals surface area contributed by atoms with Crippen LogP contribution in [0.3, 0.4) is 0 Å². The van der Waals surface area contributed by atoms with Crippen LogP contribution in [0, 0.1) is 28.7 Å². The number of aromatic nitrogens is 3. The topological polar surface area (TPSA) is 63.2 Å². The summed E-state index contributed by atoms with van der Waals surface area (Å²) in [6.45, 7) is 17.0. The molecule has 0 aliphatic heterocycles. The minimum Gasteiger partial charge on any atom is -0.507 e. The van der Waals surface area contributed by atoms with E-state index in [9.17, 15) is 10.2 Å². The second-order valence-electron chi connectivity index (χ2n) is 16.0. The van der Waals surface area contributed by atoms with Gasteiger partial charge in [0.25, 0.3) is 0 Å². The van der Waals surface area contributed by atoms with Gasteiger partial charge in [-0.15, -0.1) is 0 Å². The summed E-state index contributed by atoms with van der Waals surface area (Å²) in [5.41, 5.74) is 13.2. The smallest absolute Gasteiger partial charge is 0.507 e. The fourth-order valence-corrected chi connectivity index (χ4v) is 7.78. The van der Waals surface area contributed by atoms with E-state index in [0.29, 0.717) is 11.5 Å². The summed E-state index contributed by atoms with van der Waals surface area (Å²) >= 11 is 0. The van der Waals surface area contributed by atoms with Gasteiger partial charge < -0.3 is 34.2 Å². The average molecular weight is 783 g/mol. The Labute approximate surface area is 335 Å². The molecular formula is C47H53N3O2Zr. The van der Waals surface area contributed by atoms with E-state index in [-0.39, 0.29) is 51.9 Å². The molecular weight excluding hydrogens is 730 g/mol. The number of hydrogen-bond acceptors (Lipinski definition) is 3. The number of benzene rings is 4. The number of pyridine rings is 1. The first-order chi connectivity index (χ1) is 23.6. The number of fused-ring (bicyclic) bond motifs is 2. The van der Waals surface area contributed by atoms with Crippen LogP contribution in [0.4, 0.5) is 0 Å². The van der Waals surface area contributed by atoms with Crippen molar-refractivity contribution in [2.45, 2.75) is 66.2 Å². The molecule has 0 radical (unpaired) electrons. The van der Waals surface area contributed by atoms with Crippen molar-refractivity contribution in [2.75, 3.05) is 0 Å². The second kappa shape index (κ2) is 14.8. The minimum atomic E-state index is -0.240. The van der Waals surface area contributed by atoms with Crippen LogP contribution in [-0.2, 0) is 51.1 Å². The molecule has 7 rings (SSSR count). The van der Waals surface area contributed by atoms with Crippen LogP contribution in [0.25, 0.3) is 66.6 Å². The quantitative estimate of drug-likeness (QED) is 0.175. The van der Waals surface area contributed by atoms with Gasteiger partial charge in [-0.25, -0.2) is 0 Å². The predicted octanol–water partition coefficient (Wildman–Crippen LogP) is 12.3. The van der Waals surface area contributed by atoms with Crippen LogP contribution in [0.15, 0.2) is 91.3 Å². The van der Waals surface area contributed by atoms with E-state index in [1.807, 2.05) is 12.4 Å². The van der Waals surface area contributed by atoms with E-state index < -0.39 is 0 Å². The third kappa shape index (κ3) is 6.92. The molecule has 6 heteroatoms. The zero-order valence-corrected chi connectivity index (χ0v) is 35.9. The minimum absolute atomic E-state index is 0. The molecule has 0 saturated carbocycles. The van der Waals surface area contributed by atoms with Crippen LogP contribution in [-0.4, -0.2) is 24.3 Å². The third-order valence-corrected chi connectivity index (χ3v) is 10.2. The van der Waals surface area contributed by atoms with E-state index in [2.05, 4.69) is 157 Å². The van der Waals surface area contributed by atoms with Gasteiger partial charge >= 0.3 is 26.2 Å². The van der Waals surface area contributed by atoms with Crippen LogP contribution in [0.5, 0.6) is 11.5 Å². The van der Waals surface area contributed by atoms with Gasteiger partial charge in [0.05, 0.1) is 11.4 Å². The normalized spacial score (nSPS) is 11.7. The fraction of sp³-hybridized carbons (Fsp3) is 0.255. The van der Waals surface area contributed by atoms with Crippen molar-refractivity contribution >= 4 is 21.8 Å². The first-order valence-corrected chi connectivity index (χ1v) is 17.4. The van der Waals surface area contributed by atoms with Crippen molar-refractivity contribution < 1.29 is 36.4 Å². The van der Waals surface area contributed by atoms with Gasteiger partial charge in [-0.1, -0.05) is 90.1 Å². The number of para-hydroxylation sites is 2. The molecule has 0 spiro atoms. The Hall–Kier alpha value is -4.41. The Bertz CT molecular complexity index is 2300. The summed E-state index contributed by atoms with van der Waals surface area (Å²) in [5.74, 6) is 0.612. The number of rotatable bonds is 4.